The minimum Gasteiger partial charge on any atom is -0.383 e. The standard InChI is InChI=1S/C13H20N4O2/c1-8-3-4-10(5-9(8)2)15-13-7-11(17(18)19)6-12(14)16-13/h6-10H,3-5H2,1-2H3,(H3,14,15,16). The largest absolute Gasteiger partial charge is 0.383 e. The van der Waals surface area contributed by atoms with Crippen molar-refractivity contribution in [2.75, 3.05) is 11.1 Å². The van der Waals surface area contributed by atoms with Crippen LogP contribution in [0.15, 0.2) is 12.1 Å². The van der Waals surface area contributed by atoms with Crippen molar-refractivity contribution in [1.82, 2.24) is 4.98 Å². The SMILES string of the molecule is CC1CCC(Nc2cc([N+](=O)[O-])cc(N)n2)CC1C. The predicted molar refractivity (Wildman–Crippen MR) is 74.9 cm³/mol. The van der Waals surface area contributed by atoms with E-state index in [-0.39, 0.29) is 11.5 Å². The molecule has 19 heavy (non-hydrogen) atoms. The number of hydrogen-bond donors (Lipinski definition) is 2. The van der Waals surface area contributed by atoms with Gasteiger partial charge in [0.15, 0.2) is 0 Å². The maximum atomic E-state index is 10.8. The van der Waals surface area contributed by atoms with E-state index in [1.165, 1.54) is 18.6 Å². The van der Waals surface area contributed by atoms with Gasteiger partial charge >= 0.3 is 0 Å². The van der Waals surface area contributed by atoms with Crippen LogP contribution in [0.2, 0.25) is 0 Å². The molecule has 0 aromatic carbocycles. The Hall–Kier alpha value is -1.85. The van der Waals surface area contributed by atoms with Crippen molar-refractivity contribution in [3.63, 3.8) is 0 Å². The van der Waals surface area contributed by atoms with Gasteiger partial charge in [0.1, 0.15) is 11.6 Å². The Bertz CT molecular complexity index is 478. The first-order chi connectivity index (χ1) is 8.95. The quantitative estimate of drug-likeness (QED) is 0.646. The van der Waals surface area contributed by atoms with E-state index >= 15 is 0 Å². The third-order valence-corrected chi connectivity index (χ3v) is 3.99. The van der Waals surface area contributed by atoms with Crippen molar-refractivity contribution in [3.05, 3.63) is 22.2 Å². The molecule has 1 saturated carbocycles. The van der Waals surface area contributed by atoms with Crippen molar-refractivity contribution >= 4 is 17.3 Å². The molecule has 1 aliphatic rings. The molecule has 1 aromatic heterocycles. The van der Waals surface area contributed by atoms with Crippen molar-refractivity contribution in [3.8, 4) is 0 Å². The van der Waals surface area contributed by atoms with Gasteiger partial charge in [-0.2, -0.15) is 0 Å². The Labute approximate surface area is 112 Å². The number of nitrogens with two attached hydrogens (primary N) is 1. The molecule has 6 heteroatoms. The van der Waals surface area contributed by atoms with Gasteiger partial charge in [0.2, 0.25) is 0 Å². The Morgan fingerprint density at radius 3 is 2.74 bits per heavy atom. The summed E-state index contributed by atoms with van der Waals surface area (Å²) in [6.07, 6.45) is 3.30. The lowest BCUT2D eigenvalue weighted by molar-refractivity contribution is -0.384. The molecule has 3 unspecified atom stereocenters. The molecule has 1 heterocycles. The van der Waals surface area contributed by atoms with Crippen LogP contribution in [0.3, 0.4) is 0 Å². The highest BCUT2D eigenvalue weighted by Gasteiger charge is 2.25. The minimum atomic E-state index is -0.450. The molecule has 0 amide bonds. The van der Waals surface area contributed by atoms with Gasteiger partial charge in [0.05, 0.1) is 17.1 Å². The van der Waals surface area contributed by atoms with Crippen LogP contribution in [-0.4, -0.2) is 15.9 Å². The highest BCUT2D eigenvalue weighted by Crippen LogP contribution is 2.31. The van der Waals surface area contributed by atoms with E-state index in [0.29, 0.717) is 17.8 Å². The molecule has 3 N–H and O–H groups in total. The second-order valence-electron chi connectivity index (χ2n) is 5.50. The highest BCUT2D eigenvalue weighted by molar-refractivity contribution is 5.53. The number of anilines is 2. The molecular formula is C13H20N4O2. The normalized spacial score (nSPS) is 26.9. The number of nitrogen functional groups attached to an aromatic ring is 1. The maximum absolute atomic E-state index is 10.8. The summed E-state index contributed by atoms with van der Waals surface area (Å²) in [5.74, 6) is 2.07. The van der Waals surface area contributed by atoms with Crippen LogP contribution in [0.5, 0.6) is 0 Å². The fourth-order valence-electron chi connectivity index (χ4n) is 2.60. The van der Waals surface area contributed by atoms with Crippen molar-refractivity contribution in [2.24, 2.45) is 11.8 Å². The van der Waals surface area contributed by atoms with Gasteiger partial charge in [-0.1, -0.05) is 13.8 Å². The van der Waals surface area contributed by atoms with E-state index in [4.69, 9.17) is 5.73 Å². The van der Waals surface area contributed by atoms with Gasteiger partial charge in [-0.15, -0.1) is 0 Å². The number of hydrogen-bond acceptors (Lipinski definition) is 5. The molecular weight excluding hydrogens is 244 g/mol. The topological polar surface area (TPSA) is 94.1 Å². The lowest BCUT2D eigenvalue weighted by atomic mass is 9.79. The van der Waals surface area contributed by atoms with Crippen molar-refractivity contribution in [2.45, 2.75) is 39.2 Å². The second-order valence-corrected chi connectivity index (χ2v) is 5.50. The molecule has 6 nitrogen and oxygen atoms in total. The molecule has 0 spiro atoms. The molecule has 0 aliphatic heterocycles. The molecule has 1 aromatic rings. The van der Waals surface area contributed by atoms with Gasteiger partial charge in [-0.25, -0.2) is 4.98 Å². The fraction of sp³-hybridized carbons (Fsp3) is 0.615. The molecule has 0 radical (unpaired) electrons. The molecule has 2 rings (SSSR count). The summed E-state index contributed by atoms with van der Waals surface area (Å²) < 4.78 is 0. The van der Waals surface area contributed by atoms with Gasteiger partial charge in [0, 0.05) is 6.04 Å². The van der Waals surface area contributed by atoms with E-state index < -0.39 is 4.92 Å². The fourth-order valence-corrected chi connectivity index (χ4v) is 2.60. The minimum absolute atomic E-state index is 0.0211. The lowest BCUT2D eigenvalue weighted by Gasteiger charge is -2.32. The zero-order valence-electron chi connectivity index (χ0n) is 11.3. The summed E-state index contributed by atoms with van der Waals surface area (Å²) in [7, 11) is 0. The summed E-state index contributed by atoms with van der Waals surface area (Å²) >= 11 is 0. The number of nitro groups is 1. The summed E-state index contributed by atoms with van der Waals surface area (Å²) in [5, 5.41) is 14.1. The van der Waals surface area contributed by atoms with E-state index in [2.05, 4.69) is 24.1 Å². The van der Waals surface area contributed by atoms with Crippen molar-refractivity contribution < 1.29 is 4.92 Å². The first kappa shape index (κ1) is 13.6. The van der Waals surface area contributed by atoms with E-state index in [9.17, 15) is 10.1 Å². The molecule has 104 valence electrons. The lowest BCUT2D eigenvalue weighted by Crippen LogP contribution is -2.30. The Morgan fingerprint density at radius 2 is 2.11 bits per heavy atom. The van der Waals surface area contributed by atoms with Crippen LogP contribution in [0.1, 0.15) is 33.1 Å². The molecule has 0 saturated heterocycles. The first-order valence-corrected chi connectivity index (χ1v) is 6.64. The highest BCUT2D eigenvalue weighted by atomic mass is 16.6. The number of rotatable bonds is 3. The van der Waals surface area contributed by atoms with Gasteiger partial charge in [-0.3, -0.25) is 10.1 Å². The van der Waals surface area contributed by atoms with Crippen LogP contribution in [0.4, 0.5) is 17.3 Å². The molecule has 1 fully saturated rings. The number of aromatic nitrogens is 1. The molecule has 3 atom stereocenters. The third kappa shape index (κ3) is 3.33. The smallest absolute Gasteiger partial charge is 0.276 e. The van der Waals surface area contributed by atoms with Crippen LogP contribution >= 0.6 is 0 Å². The summed E-state index contributed by atoms with van der Waals surface area (Å²) in [6, 6.07) is 3.04. The Kier molecular flexibility index (Phi) is 3.87. The van der Waals surface area contributed by atoms with Crippen LogP contribution in [-0.2, 0) is 0 Å². The van der Waals surface area contributed by atoms with Gasteiger partial charge in [-0.05, 0) is 31.1 Å². The summed E-state index contributed by atoms with van der Waals surface area (Å²) in [5.41, 5.74) is 5.58. The van der Waals surface area contributed by atoms with Crippen LogP contribution in [0.25, 0.3) is 0 Å². The van der Waals surface area contributed by atoms with Gasteiger partial charge in [0.25, 0.3) is 5.69 Å². The average Bonchev–Trinajstić information content (AvgIpc) is 2.33. The van der Waals surface area contributed by atoms with E-state index in [1.807, 2.05) is 0 Å². The summed E-state index contributed by atoms with van der Waals surface area (Å²) in [4.78, 5) is 14.5. The predicted octanol–water partition coefficient (Wildman–Crippen LogP) is 2.81. The second kappa shape index (κ2) is 5.42. The number of nitrogens with one attached hydrogen (secondary N) is 1. The first-order valence-electron chi connectivity index (χ1n) is 6.64. The number of nitrogens with zero attached hydrogens (tertiary/aromatic N) is 2. The summed E-state index contributed by atoms with van der Waals surface area (Å²) in [6.45, 7) is 4.51. The van der Waals surface area contributed by atoms with E-state index in [1.54, 1.807) is 0 Å². The van der Waals surface area contributed by atoms with Gasteiger partial charge < -0.3 is 11.1 Å². The maximum Gasteiger partial charge on any atom is 0.276 e. The van der Waals surface area contributed by atoms with Crippen molar-refractivity contribution in [1.29, 1.82) is 0 Å². The monoisotopic (exact) mass is 264 g/mol. The third-order valence-electron chi connectivity index (χ3n) is 3.99. The zero-order valence-corrected chi connectivity index (χ0v) is 11.3. The Morgan fingerprint density at radius 1 is 1.37 bits per heavy atom. The van der Waals surface area contributed by atoms with E-state index in [0.717, 1.165) is 18.8 Å². The average molecular weight is 264 g/mol. The Balaban J connectivity index is 2.09. The zero-order chi connectivity index (χ0) is 14.0. The van der Waals surface area contributed by atoms with Crippen LogP contribution in [0, 0.1) is 22.0 Å². The number of pyridine rings is 1. The van der Waals surface area contributed by atoms with Crippen LogP contribution < -0.4 is 11.1 Å². The molecule has 1 aliphatic carbocycles. The molecule has 0 bridgehead atoms.